The van der Waals surface area contributed by atoms with Gasteiger partial charge < -0.3 is 4.74 Å². The average Bonchev–Trinajstić information content (AvgIpc) is 3.06. The summed E-state index contributed by atoms with van der Waals surface area (Å²) < 4.78 is 109. The van der Waals surface area contributed by atoms with Crippen molar-refractivity contribution in [3.05, 3.63) is 40.8 Å². The van der Waals surface area contributed by atoms with E-state index < -0.39 is 52.8 Å². The van der Waals surface area contributed by atoms with Gasteiger partial charge in [0, 0.05) is 11.8 Å². The summed E-state index contributed by atoms with van der Waals surface area (Å²) in [5.74, 6) is -5.34. The standard InChI is InChI=1S/C15H9F8N5O2/c1-30-9-5-28-8(3-24-9)26-11(14(18,19)20)10(12(28)29)7-2-25-27(4-7)6-13(16,17)15(21,22)23/h2-5H,6H2,1H3. The molecule has 3 heterocycles. The van der Waals surface area contributed by atoms with Crippen LogP contribution in [-0.4, -0.2) is 43.4 Å². The molecule has 0 unspecified atom stereocenters. The van der Waals surface area contributed by atoms with Crippen LogP contribution in [0.15, 0.2) is 29.6 Å². The molecule has 162 valence electrons. The van der Waals surface area contributed by atoms with Crippen LogP contribution in [0.5, 0.6) is 5.88 Å². The lowest BCUT2D eigenvalue weighted by molar-refractivity contribution is -0.287. The van der Waals surface area contributed by atoms with E-state index in [-0.39, 0.29) is 10.6 Å². The zero-order valence-electron chi connectivity index (χ0n) is 14.6. The fourth-order valence-electron chi connectivity index (χ4n) is 2.47. The molecule has 3 aromatic rings. The quantitative estimate of drug-likeness (QED) is 0.580. The molecule has 7 nitrogen and oxygen atoms in total. The maximum atomic E-state index is 13.5. The monoisotopic (exact) mass is 443 g/mol. The lowest BCUT2D eigenvalue weighted by atomic mass is 10.1. The summed E-state index contributed by atoms with van der Waals surface area (Å²) in [7, 11) is 1.18. The van der Waals surface area contributed by atoms with Crippen LogP contribution in [0.4, 0.5) is 35.1 Å². The molecule has 0 bridgehead atoms. The molecule has 30 heavy (non-hydrogen) atoms. The SMILES string of the molecule is COc1cn2c(=O)c(-c3cnn(CC(F)(F)C(F)(F)F)c3)c(C(F)(F)F)nc2cn1. The van der Waals surface area contributed by atoms with Crippen molar-refractivity contribution in [2.75, 3.05) is 7.11 Å². The molecule has 0 radical (unpaired) electrons. The third-order valence-corrected chi connectivity index (χ3v) is 3.86. The zero-order chi connectivity index (χ0) is 22.5. The molecule has 3 rings (SSSR count). The molecule has 0 saturated carbocycles. The molecular formula is C15H9F8N5O2. The largest absolute Gasteiger partial charge is 0.480 e. The van der Waals surface area contributed by atoms with Crippen molar-refractivity contribution in [3.63, 3.8) is 0 Å². The number of halogens is 8. The zero-order valence-corrected chi connectivity index (χ0v) is 14.6. The van der Waals surface area contributed by atoms with Gasteiger partial charge in [-0.15, -0.1) is 0 Å². The number of methoxy groups -OCH3 is 1. The minimum absolute atomic E-state index is 0.0877. The van der Waals surface area contributed by atoms with Crippen molar-refractivity contribution in [3.8, 4) is 17.0 Å². The van der Waals surface area contributed by atoms with Gasteiger partial charge in [0.2, 0.25) is 5.88 Å². The average molecular weight is 443 g/mol. The highest BCUT2D eigenvalue weighted by Gasteiger charge is 2.57. The highest BCUT2D eigenvalue weighted by atomic mass is 19.4. The summed E-state index contributed by atoms with van der Waals surface area (Å²) in [4.78, 5) is 19.7. The van der Waals surface area contributed by atoms with Crippen molar-refractivity contribution < 1.29 is 39.9 Å². The van der Waals surface area contributed by atoms with Crippen molar-refractivity contribution in [2.45, 2.75) is 24.8 Å². The molecule has 0 spiro atoms. The van der Waals surface area contributed by atoms with Crippen LogP contribution in [0, 0.1) is 0 Å². The second kappa shape index (κ2) is 6.91. The van der Waals surface area contributed by atoms with Crippen molar-refractivity contribution in [1.29, 1.82) is 0 Å². The molecule has 0 atom stereocenters. The third kappa shape index (κ3) is 3.78. The van der Waals surface area contributed by atoms with E-state index in [1.807, 2.05) is 0 Å². The van der Waals surface area contributed by atoms with Gasteiger partial charge in [-0.25, -0.2) is 9.97 Å². The van der Waals surface area contributed by atoms with Gasteiger partial charge in [-0.2, -0.15) is 40.2 Å². The fraction of sp³-hybridized carbons (Fsp3) is 0.333. The van der Waals surface area contributed by atoms with E-state index in [1.54, 1.807) is 0 Å². The topological polar surface area (TPSA) is 74.3 Å². The highest BCUT2D eigenvalue weighted by Crippen LogP contribution is 2.37. The normalized spacial score (nSPS) is 13.1. The van der Waals surface area contributed by atoms with E-state index in [4.69, 9.17) is 4.74 Å². The van der Waals surface area contributed by atoms with E-state index in [0.29, 0.717) is 16.8 Å². The summed E-state index contributed by atoms with van der Waals surface area (Å²) in [6.45, 7) is -1.99. The number of hydrogen-bond acceptors (Lipinski definition) is 5. The first-order chi connectivity index (χ1) is 13.7. The Balaban J connectivity index is 2.19. The van der Waals surface area contributed by atoms with Crippen molar-refractivity contribution >= 4 is 5.65 Å². The van der Waals surface area contributed by atoms with Crippen LogP contribution in [0.25, 0.3) is 16.8 Å². The van der Waals surface area contributed by atoms with E-state index in [2.05, 4.69) is 15.1 Å². The molecule has 0 amide bonds. The maximum Gasteiger partial charge on any atom is 0.455 e. The smallest absolute Gasteiger partial charge is 0.455 e. The molecule has 0 aliphatic heterocycles. The second-order valence-electron chi connectivity index (χ2n) is 5.92. The van der Waals surface area contributed by atoms with Crippen LogP contribution in [-0.2, 0) is 12.7 Å². The van der Waals surface area contributed by atoms with Crippen LogP contribution in [0.2, 0.25) is 0 Å². The van der Waals surface area contributed by atoms with Crippen molar-refractivity contribution in [2.24, 2.45) is 0 Å². The Labute approximate surface area is 160 Å². The summed E-state index contributed by atoms with van der Waals surface area (Å²) >= 11 is 0. The number of ether oxygens (including phenoxy) is 1. The van der Waals surface area contributed by atoms with Gasteiger partial charge >= 0.3 is 18.3 Å². The van der Waals surface area contributed by atoms with E-state index in [0.717, 1.165) is 12.4 Å². The van der Waals surface area contributed by atoms with Gasteiger partial charge in [0.1, 0.15) is 6.54 Å². The molecule has 3 aromatic heterocycles. The lowest BCUT2D eigenvalue weighted by Gasteiger charge is -2.19. The molecule has 0 saturated heterocycles. The highest BCUT2D eigenvalue weighted by molar-refractivity contribution is 5.66. The van der Waals surface area contributed by atoms with Crippen LogP contribution in [0.3, 0.4) is 0 Å². The minimum Gasteiger partial charge on any atom is -0.480 e. The van der Waals surface area contributed by atoms with Crippen LogP contribution >= 0.6 is 0 Å². The summed E-state index contributed by atoms with van der Waals surface area (Å²) in [5.41, 5.74) is -5.19. The number of nitrogens with zero attached hydrogens (tertiary/aromatic N) is 5. The number of fused-ring (bicyclic) bond motifs is 1. The van der Waals surface area contributed by atoms with Gasteiger partial charge in [0.15, 0.2) is 11.3 Å². The van der Waals surface area contributed by atoms with Gasteiger partial charge in [0.05, 0.1) is 31.3 Å². The number of alkyl halides is 8. The van der Waals surface area contributed by atoms with E-state index >= 15 is 0 Å². The molecule has 0 N–H and O–H groups in total. The Kier molecular flexibility index (Phi) is 4.94. The number of hydrogen-bond donors (Lipinski definition) is 0. The summed E-state index contributed by atoms with van der Waals surface area (Å²) in [5, 5.41) is 3.23. The predicted molar refractivity (Wildman–Crippen MR) is 83.0 cm³/mol. The first kappa shape index (κ1) is 21.4. The Bertz CT molecular complexity index is 1150. The fourth-order valence-corrected chi connectivity index (χ4v) is 2.47. The maximum absolute atomic E-state index is 13.5. The first-order valence-electron chi connectivity index (χ1n) is 7.75. The number of aromatic nitrogens is 5. The molecule has 0 aromatic carbocycles. The molecule has 15 heteroatoms. The first-order valence-corrected chi connectivity index (χ1v) is 7.75. The third-order valence-electron chi connectivity index (χ3n) is 3.86. The molecular weight excluding hydrogens is 434 g/mol. The Morgan fingerprint density at radius 3 is 2.27 bits per heavy atom. The lowest BCUT2D eigenvalue weighted by Crippen LogP contribution is -2.40. The van der Waals surface area contributed by atoms with Gasteiger partial charge in [0.25, 0.3) is 5.56 Å². The number of rotatable bonds is 4. The Hall–Kier alpha value is -3.26. The van der Waals surface area contributed by atoms with Crippen LogP contribution in [0.1, 0.15) is 5.69 Å². The summed E-state index contributed by atoms with van der Waals surface area (Å²) in [6.07, 6.45) is -8.24. The minimum atomic E-state index is -5.90. The predicted octanol–water partition coefficient (Wildman–Crippen LogP) is 3.18. The molecule has 0 aliphatic carbocycles. The molecule has 0 aliphatic rings. The Morgan fingerprint density at radius 1 is 1.03 bits per heavy atom. The van der Waals surface area contributed by atoms with Gasteiger partial charge in [-0.3, -0.25) is 13.9 Å². The van der Waals surface area contributed by atoms with E-state index in [9.17, 15) is 39.9 Å². The molecule has 0 fully saturated rings. The second-order valence-corrected chi connectivity index (χ2v) is 5.92. The summed E-state index contributed by atoms with van der Waals surface area (Å²) in [6, 6.07) is 0. The van der Waals surface area contributed by atoms with Gasteiger partial charge in [-0.1, -0.05) is 0 Å². The van der Waals surface area contributed by atoms with Gasteiger partial charge in [-0.05, 0) is 0 Å². The van der Waals surface area contributed by atoms with E-state index in [1.165, 1.54) is 7.11 Å². The Morgan fingerprint density at radius 2 is 1.70 bits per heavy atom. The van der Waals surface area contributed by atoms with Crippen LogP contribution < -0.4 is 10.3 Å². The van der Waals surface area contributed by atoms with Crippen molar-refractivity contribution in [1.82, 2.24) is 24.1 Å².